The van der Waals surface area contributed by atoms with E-state index in [1.165, 1.54) is 23.9 Å². The third-order valence-corrected chi connectivity index (χ3v) is 3.81. The lowest BCUT2D eigenvalue weighted by atomic mass is 10.2. The average molecular weight is 315 g/mol. The lowest BCUT2D eigenvalue weighted by Gasteiger charge is -2.03. The Morgan fingerprint density at radius 1 is 1.16 bits per heavy atom. The van der Waals surface area contributed by atoms with Crippen LogP contribution < -0.4 is 0 Å². The molecule has 2 rings (SSSR count). The normalized spacial score (nSPS) is 10.4. The van der Waals surface area contributed by atoms with E-state index in [0.29, 0.717) is 15.8 Å². The molecule has 0 fully saturated rings. The van der Waals surface area contributed by atoms with Crippen LogP contribution in [0.15, 0.2) is 41.4 Å². The first-order valence-electron chi connectivity index (χ1n) is 5.24. The summed E-state index contributed by atoms with van der Waals surface area (Å²) in [6.45, 7) is 0. The van der Waals surface area contributed by atoms with Gasteiger partial charge < -0.3 is 0 Å². The first-order chi connectivity index (χ1) is 9.06. The SMILES string of the molecule is O=[N+]([O-])c1ccc(Cl)nc1SCc1ccc(Cl)cc1. The maximum atomic E-state index is 10.9. The van der Waals surface area contributed by atoms with Crippen molar-refractivity contribution in [3.05, 3.63) is 62.3 Å². The maximum Gasteiger partial charge on any atom is 0.301 e. The molecule has 2 aromatic rings. The number of rotatable bonds is 4. The Morgan fingerprint density at radius 2 is 1.84 bits per heavy atom. The van der Waals surface area contributed by atoms with Crippen LogP contribution in [0, 0.1) is 10.1 Å². The van der Waals surface area contributed by atoms with Gasteiger partial charge in [0.2, 0.25) is 0 Å². The minimum absolute atomic E-state index is 0.0386. The average Bonchev–Trinajstić information content (AvgIpc) is 2.38. The molecule has 7 heteroatoms. The molecule has 1 aromatic heterocycles. The van der Waals surface area contributed by atoms with Crippen molar-refractivity contribution in [1.29, 1.82) is 0 Å². The molecule has 98 valence electrons. The Kier molecular flexibility index (Phi) is 4.63. The van der Waals surface area contributed by atoms with Crippen molar-refractivity contribution in [1.82, 2.24) is 4.98 Å². The van der Waals surface area contributed by atoms with Gasteiger partial charge in [-0.2, -0.15) is 0 Å². The molecule has 0 spiro atoms. The largest absolute Gasteiger partial charge is 0.301 e. The molecule has 0 N–H and O–H groups in total. The number of pyridine rings is 1. The van der Waals surface area contributed by atoms with Crippen LogP contribution in [0.5, 0.6) is 0 Å². The van der Waals surface area contributed by atoms with Gasteiger partial charge in [0.1, 0.15) is 5.15 Å². The molecule has 0 aliphatic rings. The number of nitro groups is 1. The molecule has 0 radical (unpaired) electrons. The van der Waals surface area contributed by atoms with Gasteiger partial charge in [-0.3, -0.25) is 10.1 Å². The maximum absolute atomic E-state index is 10.9. The van der Waals surface area contributed by atoms with E-state index < -0.39 is 4.92 Å². The molecule has 0 saturated heterocycles. The third kappa shape index (κ3) is 3.83. The van der Waals surface area contributed by atoms with E-state index in [1.54, 1.807) is 12.1 Å². The predicted molar refractivity (Wildman–Crippen MR) is 76.9 cm³/mol. The summed E-state index contributed by atoms with van der Waals surface area (Å²) in [7, 11) is 0. The molecule has 0 aliphatic heterocycles. The van der Waals surface area contributed by atoms with Crippen LogP contribution in [0.3, 0.4) is 0 Å². The van der Waals surface area contributed by atoms with Gasteiger partial charge in [0.15, 0.2) is 5.03 Å². The van der Waals surface area contributed by atoms with Crippen molar-refractivity contribution >= 4 is 40.7 Å². The van der Waals surface area contributed by atoms with Crippen molar-refractivity contribution < 1.29 is 4.92 Å². The monoisotopic (exact) mass is 314 g/mol. The van der Waals surface area contributed by atoms with Crippen LogP contribution >= 0.6 is 35.0 Å². The molecule has 1 aromatic carbocycles. The van der Waals surface area contributed by atoms with Gasteiger partial charge in [-0.05, 0) is 23.8 Å². The fraction of sp³-hybridized carbons (Fsp3) is 0.0833. The number of thioether (sulfide) groups is 1. The van der Waals surface area contributed by atoms with Gasteiger partial charge in [0.25, 0.3) is 0 Å². The fourth-order valence-electron chi connectivity index (χ4n) is 1.39. The first-order valence-corrected chi connectivity index (χ1v) is 6.98. The summed E-state index contributed by atoms with van der Waals surface area (Å²) in [6, 6.07) is 10.1. The minimum Gasteiger partial charge on any atom is -0.258 e. The smallest absolute Gasteiger partial charge is 0.258 e. The summed E-state index contributed by atoms with van der Waals surface area (Å²) in [6.07, 6.45) is 0. The van der Waals surface area contributed by atoms with Crippen LogP contribution in [0.25, 0.3) is 0 Å². The van der Waals surface area contributed by atoms with Crippen molar-refractivity contribution in [2.45, 2.75) is 10.8 Å². The highest BCUT2D eigenvalue weighted by atomic mass is 35.5. The highest BCUT2D eigenvalue weighted by Gasteiger charge is 2.16. The number of aromatic nitrogens is 1. The van der Waals surface area contributed by atoms with Crippen molar-refractivity contribution in [2.75, 3.05) is 0 Å². The Bertz CT molecular complexity index is 605. The number of hydrogen-bond donors (Lipinski definition) is 0. The summed E-state index contributed by atoms with van der Waals surface area (Å²) in [5.74, 6) is 0.561. The van der Waals surface area contributed by atoms with Crippen molar-refractivity contribution in [3.8, 4) is 0 Å². The molecule has 0 bridgehead atoms. The molecule has 0 atom stereocenters. The topological polar surface area (TPSA) is 56.0 Å². The minimum atomic E-state index is -0.465. The van der Waals surface area contributed by atoms with Crippen molar-refractivity contribution in [3.63, 3.8) is 0 Å². The first kappa shape index (κ1) is 14.1. The van der Waals surface area contributed by atoms with E-state index in [-0.39, 0.29) is 10.8 Å². The second-order valence-corrected chi connectivity index (χ2v) is 5.42. The molecule has 1 heterocycles. The van der Waals surface area contributed by atoms with E-state index in [9.17, 15) is 10.1 Å². The molecular formula is C12H8Cl2N2O2S. The summed E-state index contributed by atoms with van der Waals surface area (Å²) in [4.78, 5) is 14.4. The molecular weight excluding hydrogens is 307 g/mol. The number of benzene rings is 1. The van der Waals surface area contributed by atoms with E-state index >= 15 is 0 Å². The quantitative estimate of drug-likeness (QED) is 0.358. The van der Waals surface area contributed by atoms with Crippen molar-refractivity contribution in [2.24, 2.45) is 0 Å². The lowest BCUT2D eigenvalue weighted by Crippen LogP contribution is -1.94. The van der Waals surface area contributed by atoms with Gasteiger partial charge in [-0.1, -0.05) is 47.1 Å². The summed E-state index contributed by atoms with van der Waals surface area (Å²) >= 11 is 12.8. The zero-order chi connectivity index (χ0) is 13.8. The second kappa shape index (κ2) is 6.23. The van der Waals surface area contributed by atoms with Crippen LogP contribution in [0.1, 0.15) is 5.56 Å². The Morgan fingerprint density at radius 3 is 2.47 bits per heavy atom. The zero-order valence-electron chi connectivity index (χ0n) is 9.55. The molecule has 0 unspecified atom stereocenters. The van der Waals surface area contributed by atoms with Gasteiger partial charge in [0, 0.05) is 16.8 Å². The van der Waals surface area contributed by atoms with Crippen LogP contribution in [-0.4, -0.2) is 9.91 Å². The summed E-state index contributed by atoms with van der Waals surface area (Å²) in [5.41, 5.74) is 0.967. The summed E-state index contributed by atoms with van der Waals surface area (Å²) in [5, 5.41) is 12.1. The van der Waals surface area contributed by atoms with Crippen LogP contribution in [0.2, 0.25) is 10.2 Å². The highest BCUT2D eigenvalue weighted by molar-refractivity contribution is 7.98. The molecule has 0 amide bonds. The molecule has 0 aliphatic carbocycles. The third-order valence-electron chi connectivity index (χ3n) is 2.29. The molecule has 19 heavy (non-hydrogen) atoms. The Labute approximate surface area is 123 Å². The fourth-order valence-corrected chi connectivity index (χ4v) is 2.66. The van der Waals surface area contributed by atoms with Gasteiger partial charge in [0.05, 0.1) is 4.92 Å². The second-order valence-electron chi connectivity index (χ2n) is 3.63. The number of nitrogens with zero attached hydrogens (tertiary/aromatic N) is 2. The van der Waals surface area contributed by atoms with Gasteiger partial charge >= 0.3 is 5.69 Å². The summed E-state index contributed by atoms with van der Waals surface area (Å²) < 4.78 is 0. The predicted octanol–water partition coefficient (Wildman–Crippen LogP) is 4.59. The standard InChI is InChI=1S/C12H8Cl2N2O2S/c13-9-3-1-8(2-4-9)7-19-12-10(16(17)18)5-6-11(14)15-12/h1-6H,7H2. The molecule has 0 saturated carbocycles. The van der Waals surface area contributed by atoms with E-state index in [2.05, 4.69) is 4.98 Å². The zero-order valence-corrected chi connectivity index (χ0v) is 11.9. The van der Waals surface area contributed by atoms with E-state index in [4.69, 9.17) is 23.2 Å². The molecule has 4 nitrogen and oxygen atoms in total. The Hall–Kier alpha value is -1.30. The number of halogens is 2. The lowest BCUT2D eigenvalue weighted by molar-refractivity contribution is -0.388. The Balaban J connectivity index is 2.16. The number of hydrogen-bond acceptors (Lipinski definition) is 4. The van der Waals surface area contributed by atoms with Gasteiger partial charge in [-0.25, -0.2) is 4.98 Å². The highest BCUT2D eigenvalue weighted by Crippen LogP contribution is 2.31. The van der Waals surface area contributed by atoms with E-state index in [1.807, 2.05) is 12.1 Å². The van der Waals surface area contributed by atoms with Gasteiger partial charge in [-0.15, -0.1) is 0 Å². The van der Waals surface area contributed by atoms with Crippen LogP contribution in [-0.2, 0) is 5.75 Å². The van der Waals surface area contributed by atoms with E-state index in [0.717, 1.165) is 5.56 Å². The van der Waals surface area contributed by atoms with Crippen LogP contribution in [0.4, 0.5) is 5.69 Å².